The fourth-order valence-electron chi connectivity index (χ4n) is 2.45. The number of benzene rings is 2. The van der Waals surface area contributed by atoms with Gasteiger partial charge in [-0.05, 0) is 42.5 Å². The molecule has 0 spiro atoms. The summed E-state index contributed by atoms with van der Waals surface area (Å²) in [7, 11) is -3.79. The smallest absolute Gasteiger partial charge is 0.263 e. The monoisotopic (exact) mass is 378 g/mol. The first kappa shape index (κ1) is 16.9. The van der Waals surface area contributed by atoms with Crippen LogP contribution in [0.1, 0.15) is 0 Å². The maximum atomic E-state index is 12.6. The van der Waals surface area contributed by atoms with Crippen LogP contribution < -0.4 is 4.72 Å². The second-order valence-corrected chi connectivity index (χ2v) is 7.31. The average molecular weight is 378 g/mol. The molecule has 0 unspecified atom stereocenters. The maximum absolute atomic E-state index is 12.6. The number of aromatic nitrogens is 3. The molecule has 2 aromatic carbocycles. The lowest BCUT2D eigenvalue weighted by Gasteiger charge is -2.07. The summed E-state index contributed by atoms with van der Waals surface area (Å²) in [6.07, 6.45) is 1.51. The Labute approximate surface area is 155 Å². The average Bonchev–Trinajstić information content (AvgIpc) is 3.20. The second-order valence-electron chi connectivity index (χ2n) is 5.63. The van der Waals surface area contributed by atoms with Gasteiger partial charge in [-0.3, -0.25) is 4.72 Å². The van der Waals surface area contributed by atoms with Crippen molar-refractivity contribution < 1.29 is 12.8 Å². The first-order valence-corrected chi connectivity index (χ1v) is 9.53. The first-order chi connectivity index (χ1) is 13.1. The van der Waals surface area contributed by atoms with Crippen LogP contribution in [0.25, 0.3) is 22.9 Å². The van der Waals surface area contributed by atoms with Crippen molar-refractivity contribution in [3.63, 3.8) is 0 Å². The molecule has 0 radical (unpaired) electrons. The molecule has 0 saturated heterocycles. The Morgan fingerprint density at radius 2 is 1.48 bits per heavy atom. The highest BCUT2D eigenvalue weighted by molar-refractivity contribution is 7.92. The zero-order chi connectivity index (χ0) is 18.7. The Morgan fingerprint density at radius 1 is 0.778 bits per heavy atom. The highest BCUT2D eigenvalue weighted by Crippen LogP contribution is 2.26. The lowest BCUT2D eigenvalue weighted by atomic mass is 10.2. The number of anilines is 1. The van der Waals surface area contributed by atoms with Crippen molar-refractivity contribution in [2.75, 3.05) is 4.72 Å². The maximum Gasteiger partial charge on any atom is 0.263 e. The number of sulfonamides is 1. The lowest BCUT2D eigenvalue weighted by Crippen LogP contribution is -2.13. The van der Waals surface area contributed by atoms with E-state index in [0.717, 1.165) is 5.56 Å². The number of hydrogen-bond acceptors (Lipinski definition) is 6. The van der Waals surface area contributed by atoms with Crippen LogP contribution in [-0.4, -0.2) is 23.6 Å². The Kier molecular flexibility index (Phi) is 4.39. The fourth-order valence-corrected chi connectivity index (χ4v) is 3.51. The molecule has 0 atom stereocenters. The van der Waals surface area contributed by atoms with Crippen molar-refractivity contribution in [1.82, 2.24) is 15.2 Å². The summed E-state index contributed by atoms with van der Waals surface area (Å²) < 4.78 is 33.3. The molecule has 0 aliphatic carbocycles. The van der Waals surface area contributed by atoms with Crippen molar-refractivity contribution in [1.29, 1.82) is 0 Å². The Hall–Kier alpha value is -3.52. The van der Waals surface area contributed by atoms with Gasteiger partial charge in [0.15, 0.2) is 0 Å². The Bertz CT molecular complexity index is 1160. The van der Waals surface area contributed by atoms with Gasteiger partial charge in [-0.2, -0.15) is 0 Å². The van der Waals surface area contributed by atoms with Gasteiger partial charge in [0.1, 0.15) is 5.82 Å². The zero-order valence-corrected chi connectivity index (χ0v) is 14.8. The van der Waals surface area contributed by atoms with Crippen LogP contribution in [0, 0.1) is 0 Å². The third-order valence-electron chi connectivity index (χ3n) is 3.74. The van der Waals surface area contributed by atoms with E-state index in [1.165, 1.54) is 18.3 Å². The van der Waals surface area contributed by atoms with Gasteiger partial charge < -0.3 is 4.42 Å². The molecule has 0 bridgehead atoms. The zero-order valence-electron chi connectivity index (χ0n) is 14.0. The summed E-state index contributed by atoms with van der Waals surface area (Å²) in [6, 6.07) is 20.6. The van der Waals surface area contributed by atoms with E-state index in [4.69, 9.17) is 4.42 Å². The number of pyridine rings is 1. The highest BCUT2D eigenvalue weighted by Gasteiger charge is 2.17. The third-order valence-corrected chi connectivity index (χ3v) is 5.09. The minimum Gasteiger partial charge on any atom is -0.416 e. The molecule has 134 valence electrons. The van der Waals surface area contributed by atoms with Crippen molar-refractivity contribution in [3.8, 4) is 22.9 Å². The minimum absolute atomic E-state index is 0.0742. The van der Waals surface area contributed by atoms with Crippen LogP contribution in [-0.2, 0) is 10.0 Å². The summed E-state index contributed by atoms with van der Waals surface area (Å²) in [5, 5.41) is 8.06. The summed E-state index contributed by atoms with van der Waals surface area (Å²) >= 11 is 0. The van der Waals surface area contributed by atoms with Crippen LogP contribution in [0.5, 0.6) is 0 Å². The molecule has 2 heterocycles. The van der Waals surface area contributed by atoms with E-state index >= 15 is 0 Å². The van der Waals surface area contributed by atoms with E-state index in [2.05, 4.69) is 19.9 Å². The normalized spacial score (nSPS) is 11.3. The van der Waals surface area contributed by atoms with E-state index in [9.17, 15) is 8.42 Å². The summed E-state index contributed by atoms with van der Waals surface area (Å²) in [5.74, 6) is 0.848. The van der Waals surface area contributed by atoms with Gasteiger partial charge in [-0.1, -0.05) is 30.3 Å². The van der Waals surface area contributed by atoms with Gasteiger partial charge in [0.05, 0.1) is 4.90 Å². The van der Waals surface area contributed by atoms with Crippen LogP contribution in [0.2, 0.25) is 0 Å². The molecule has 0 amide bonds. The lowest BCUT2D eigenvalue weighted by molar-refractivity contribution is 0.584. The molecule has 27 heavy (non-hydrogen) atoms. The molecule has 2 aromatic heterocycles. The molecular formula is C19H14N4O3S. The largest absolute Gasteiger partial charge is 0.416 e. The predicted octanol–water partition coefficient (Wildman–Crippen LogP) is 3.60. The quantitative estimate of drug-likeness (QED) is 0.570. The van der Waals surface area contributed by atoms with Gasteiger partial charge in [0.25, 0.3) is 10.0 Å². The Morgan fingerprint density at radius 3 is 2.22 bits per heavy atom. The standard InChI is InChI=1S/C19H14N4O3S/c24-27(25,23-17-11-4-5-12-20-17)16-10-6-9-15(13-16)19-22-21-18(26-19)14-7-2-1-3-8-14/h1-13H,(H,20,23). The summed E-state index contributed by atoms with van der Waals surface area (Å²) in [4.78, 5) is 4.05. The summed E-state index contributed by atoms with van der Waals surface area (Å²) in [5.41, 5.74) is 1.30. The SMILES string of the molecule is O=S(=O)(Nc1ccccn1)c1cccc(-c2nnc(-c3ccccc3)o2)c1. The molecule has 0 saturated carbocycles. The Balaban J connectivity index is 1.64. The number of nitrogens with one attached hydrogen (secondary N) is 1. The third kappa shape index (κ3) is 3.70. The van der Waals surface area contributed by atoms with Gasteiger partial charge in [-0.15, -0.1) is 10.2 Å². The van der Waals surface area contributed by atoms with Crippen molar-refractivity contribution in [2.45, 2.75) is 4.90 Å². The van der Waals surface area contributed by atoms with Gasteiger partial charge in [0.2, 0.25) is 11.8 Å². The van der Waals surface area contributed by atoms with Crippen molar-refractivity contribution >= 4 is 15.8 Å². The van der Waals surface area contributed by atoms with E-state index in [0.29, 0.717) is 11.5 Å². The van der Waals surface area contributed by atoms with Crippen LogP contribution in [0.3, 0.4) is 0 Å². The highest BCUT2D eigenvalue weighted by atomic mass is 32.2. The second kappa shape index (κ2) is 7.00. The number of hydrogen-bond donors (Lipinski definition) is 1. The van der Waals surface area contributed by atoms with E-state index < -0.39 is 10.0 Å². The molecule has 0 fully saturated rings. The molecule has 7 nitrogen and oxygen atoms in total. The first-order valence-electron chi connectivity index (χ1n) is 8.05. The molecule has 4 rings (SSSR count). The van der Waals surface area contributed by atoms with Gasteiger partial charge in [-0.25, -0.2) is 13.4 Å². The number of rotatable bonds is 5. The fraction of sp³-hybridized carbons (Fsp3) is 0. The van der Waals surface area contributed by atoms with Crippen LogP contribution in [0.15, 0.2) is 88.3 Å². The molecule has 0 aliphatic heterocycles. The van der Waals surface area contributed by atoms with E-state index in [1.807, 2.05) is 30.3 Å². The topological polar surface area (TPSA) is 98.0 Å². The molecule has 0 aliphatic rings. The van der Waals surface area contributed by atoms with Crippen molar-refractivity contribution in [2.24, 2.45) is 0 Å². The molecule has 8 heteroatoms. The van der Waals surface area contributed by atoms with Gasteiger partial charge >= 0.3 is 0 Å². The minimum atomic E-state index is -3.79. The van der Waals surface area contributed by atoms with E-state index in [-0.39, 0.29) is 16.6 Å². The van der Waals surface area contributed by atoms with E-state index in [1.54, 1.807) is 30.3 Å². The van der Waals surface area contributed by atoms with Crippen LogP contribution in [0.4, 0.5) is 5.82 Å². The predicted molar refractivity (Wildman–Crippen MR) is 100 cm³/mol. The molecule has 1 N–H and O–H groups in total. The van der Waals surface area contributed by atoms with Crippen LogP contribution >= 0.6 is 0 Å². The molecule has 4 aromatic rings. The molecular weight excluding hydrogens is 364 g/mol. The van der Waals surface area contributed by atoms with Crippen molar-refractivity contribution in [3.05, 3.63) is 79.0 Å². The van der Waals surface area contributed by atoms with Gasteiger partial charge in [0, 0.05) is 17.3 Å². The summed E-state index contributed by atoms with van der Waals surface area (Å²) in [6.45, 7) is 0. The number of nitrogens with zero attached hydrogens (tertiary/aromatic N) is 3.